The number of rotatable bonds is 12. The van der Waals surface area contributed by atoms with E-state index >= 15 is 0 Å². The van der Waals surface area contributed by atoms with E-state index in [-0.39, 0.29) is 22.9 Å². The molecule has 12 heteroatoms. The summed E-state index contributed by atoms with van der Waals surface area (Å²) in [5.74, 6) is -0.440. The first-order valence-electron chi connectivity index (χ1n) is 12.3. The van der Waals surface area contributed by atoms with Crippen molar-refractivity contribution in [2.45, 2.75) is 31.3 Å². The minimum atomic E-state index is -4.28. The van der Waals surface area contributed by atoms with Gasteiger partial charge >= 0.3 is 0 Å². The number of halogens is 2. The number of nitrogens with zero attached hydrogens (tertiary/aromatic N) is 2. The molecule has 0 saturated carbocycles. The van der Waals surface area contributed by atoms with Crippen molar-refractivity contribution in [3.05, 3.63) is 82.3 Å². The molecule has 0 spiro atoms. The normalized spacial score (nSPS) is 11.8. The molecule has 0 heterocycles. The summed E-state index contributed by atoms with van der Waals surface area (Å²) in [5.41, 5.74) is 0.811. The van der Waals surface area contributed by atoms with Gasteiger partial charge in [0.1, 0.15) is 12.6 Å². The van der Waals surface area contributed by atoms with Crippen LogP contribution >= 0.6 is 23.2 Å². The Balaban J connectivity index is 2.06. The number of hydrogen-bond acceptors (Lipinski definition) is 6. The number of sulfonamides is 1. The summed E-state index contributed by atoms with van der Waals surface area (Å²) < 4.78 is 39.4. The van der Waals surface area contributed by atoms with E-state index in [1.807, 2.05) is 0 Å². The number of anilines is 1. The second kappa shape index (κ2) is 13.7. The molecule has 0 aromatic heterocycles. The average Bonchev–Trinajstić information content (AvgIpc) is 2.95. The Labute approximate surface area is 244 Å². The maximum atomic E-state index is 14.0. The Morgan fingerprint density at radius 3 is 2.23 bits per heavy atom. The van der Waals surface area contributed by atoms with Crippen LogP contribution < -0.4 is 19.1 Å². The van der Waals surface area contributed by atoms with Crippen LogP contribution in [0.1, 0.15) is 19.4 Å². The van der Waals surface area contributed by atoms with Crippen molar-refractivity contribution in [1.29, 1.82) is 0 Å². The molecule has 40 heavy (non-hydrogen) atoms. The topological polar surface area (TPSA) is 105 Å². The summed E-state index contributed by atoms with van der Waals surface area (Å²) in [6.07, 6.45) is 0. The van der Waals surface area contributed by atoms with Gasteiger partial charge in [0.05, 0.1) is 24.8 Å². The van der Waals surface area contributed by atoms with E-state index in [1.54, 1.807) is 56.3 Å². The van der Waals surface area contributed by atoms with Gasteiger partial charge in [0.25, 0.3) is 10.0 Å². The molecule has 0 unspecified atom stereocenters. The highest BCUT2D eigenvalue weighted by Gasteiger charge is 2.33. The zero-order valence-electron chi connectivity index (χ0n) is 22.6. The van der Waals surface area contributed by atoms with Crippen LogP contribution in [0, 0.1) is 0 Å². The SMILES string of the molecule is CCNC(=O)[C@@H](C)N(Cc1ccc(Cl)cc1Cl)C(=O)CN(c1ccccc1)S(=O)(=O)c1ccc(OC)c(OC)c1. The third kappa shape index (κ3) is 7.18. The molecule has 2 amide bonds. The molecule has 0 saturated heterocycles. The molecule has 3 aromatic rings. The van der Waals surface area contributed by atoms with Crippen LogP contribution in [-0.4, -0.2) is 58.5 Å². The lowest BCUT2D eigenvalue weighted by atomic mass is 10.1. The lowest BCUT2D eigenvalue weighted by Crippen LogP contribution is -2.51. The summed E-state index contributed by atoms with van der Waals surface area (Å²) in [4.78, 5) is 27.9. The Hall–Kier alpha value is -3.47. The van der Waals surface area contributed by atoms with Gasteiger partial charge in [-0.25, -0.2) is 8.42 Å². The van der Waals surface area contributed by atoms with Crippen LogP contribution in [0.2, 0.25) is 10.0 Å². The highest BCUT2D eigenvalue weighted by molar-refractivity contribution is 7.92. The van der Waals surface area contributed by atoms with Gasteiger partial charge in [-0.1, -0.05) is 47.5 Å². The number of ether oxygens (including phenoxy) is 2. The van der Waals surface area contributed by atoms with Gasteiger partial charge in [-0.15, -0.1) is 0 Å². The summed E-state index contributed by atoms with van der Waals surface area (Å²) >= 11 is 12.4. The molecule has 3 rings (SSSR count). The van der Waals surface area contributed by atoms with Gasteiger partial charge in [-0.05, 0) is 55.8 Å². The summed E-state index contributed by atoms with van der Waals surface area (Å²) in [6, 6.07) is 16.3. The summed E-state index contributed by atoms with van der Waals surface area (Å²) in [6.45, 7) is 3.06. The van der Waals surface area contributed by atoms with E-state index in [2.05, 4.69) is 5.32 Å². The highest BCUT2D eigenvalue weighted by atomic mass is 35.5. The number of likely N-dealkylation sites (N-methyl/N-ethyl adjacent to an activating group) is 1. The van der Waals surface area contributed by atoms with E-state index in [0.29, 0.717) is 27.9 Å². The zero-order valence-corrected chi connectivity index (χ0v) is 24.9. The number of amides is 2. The molecule has 0 aliphatic heterocycles. The van der Waals surface area contributed by atoms with Crippen LogP contribution in [-0.2, 0) is 26.2 Å². The molecule has 214 valence electrons. The minimum absolute atomic E-state index is 0.0494. The standard InChI is InChI=1S/C28H31Cl2N3O6S/c1-5-31-28(35)19(2)32(17-20-11-12-21(29)15-24(20)30)27(34)18-33(22-9-7-6-8-10-22)40(36,37)23-13-14-25(38-3)26(16-23)39-4/h6-16,19H,5,17-18H2,1-4H3,(H,31,35)/t19-/m1/s1. The third-order valence-electron chi connectivity index (χ3n) is 6.14. The molecular weight excluding hydrogens is 577 g/mol. The molecular formula is C28H31Cl2N3O6S. The van der Waals surface area contributed by atoms with Crippen molar-refractivity contribution in [1.82, 2.24) is 10.2 Å². The van der Waals surface area contributed by atoms with Gasteiger partial charge in [-0.2, -0.15) is 0 Å². The monoisotopic (exact) mass is 607 g/mol. The van der Waals surface area contributed by atoms with Crippen LogP contribution in [0.4, 0.5) is 5.69 Å². The van der Waals surface area contributed by atoms with Gasteiger partial charge in [0.15, 0.2) is 11.5 Å². The molecule has 1 N–H and O–H groups in total. The van der Waals surface area contributed by atoms with Gasteiger partial charge in [0, 0.05) is 29.2 Å². The zero-order chi connectivity index (χ0) is 29.4. The quantitative estimate of drug-likeness (QED) is 0.318. The Kier molecular flexibility index (Phi) is 10.7. The number of para-hydroxylation sites is 1. The molecule has 9 nitrogen and oxygen atoms in total. The van der Waals surface area contributed by atoms with Crippen molar-refractivity contribution < 1.29 is 27.5 Å². The molecule has 0 aliphatic carbocycles. The first-order valence-corrected chi connectivity index (χ1v) is 14.5. The van der Waals surface area contributed by atoms with E-state index in [1.165, 1.54) is 43.4 Å². The maximum absolute atomic E-state index is 14.0. The van der Waals surface area contributed by atoms with Crippen LogP contribution in [0.15, 0.2) is 71.6 Å². The number of hydrogen-bond donors (Lipinski definition) is 1. The minimum Gasteiger partial charge on any atom is -0.493 e. The Bertz CT molecular complexity index is 1450. The van der Waals surface area contributed by atoms with Crippen LogP contribution in [0.5, 0.6) is 11.5 Å². The first kappa shape index (κ1) is 31.1. The molecule has 0 radical (unpaired) electrons. The number of methoxy groups -OCH3 is 2. The second-order valence-corrected chi connectivity index (χ2v) is 11.4. The molecule has 0 aliphatic rings. The Morgan fingerprint density at radius 1 is 0.950 bits per heavy atom. The molecule has 0 bridgehead atoms. The van der Waals surface area contributed by atoms with Crippen molar-refractivity contribution in [2.75, 3.05) is 31.6 Å². The predicted molar refractivity (Wildman–Crippen MR) is 156 cm³/mol. The first-order chi connectivity index (χ1) is 19.0. The molecule has 0 fully saturated rings. The lowest BCUT2D eigenvalue weighted by Gasteiger charge is -2.32. The van der Waals surface area contributed by atoms with Crippen molar-refractivity contribution >= 4 is 50.7 Å². The fourth-order valence-electron chi connectivity index (χ4n) is 3.97. The molecule has 3 aromatic carbocycles. The number of nitrogens with one attached hydrogen (secondary N) is 1. The predicted octanol–water partition coefficient (Wildman–Crippen LogP) is 4.76. The number of carbonyl (C=O) groups is 2. The largest absolute Gasteiger partial charge is 0.493 e. The van der Waals surface area contributed by atoms with E-state index in [9.17, 15) is 18.0 Å². The lowest BCUT2D eigenvalue weighted by molar-refractivity contribution is -0.139. The van der Waals surface area contributed by atoms with Gasteiger partial charge in [0.2, 0.25) is 11.8 Å². The van der Waals surface area contributed by atoms with Gasteiger partial charge < -0.3 is 19.7 Å². The number of benzene rings is 3. The molecule has 1 atom stereocenters. The van der Waals surface area contributed by atoms with E-state index in [4.69, 9.17) is 32.7 Å². The fourth-order valence-corrected chi connectivity index (χ4v) is 5.86. The van der Waals surface area contributed by atoms with Gasteiger partial charge in [-0.3, -0.25) is 13.9 Å². The van der Waals surface area contributed by atoms with Crippen molar-refractivity contribution in [2.24, 2.45) is 0 Å². The summed E-state index contributed by atoms with van der Waals surface area (Å²) in [7, 11) is -1.44. The summed E-state index contributed by atoms with van der Waals surface area (Å²) in [5, 5.41) is 3.44. The van der Waals surface area contributed by atoms with E-state index < -0.39 is 34.4 Å². The average molecular weight is 609 g/mol. The van der Waals surface area contributed by atoms with Crippen LogP contribution in [0.3, 0.4) is 0 Å². The highest BCUT2D eigenvalue weighted by Crippen LogP contribution is 2.32. The maximum Gasteiger partial charge on any atom is 0.264 e. The van der Waals surface area contributed by atoms with Crippen molar-refractivity contribution in [3.63, 3.8) is 0 Å². The third-order valence-corrected chi connectivity index (χ3v) is 8.50. The van der Waals surface area contributed by atoms with E-state index in [0.717, 1.165) is 4.31 Å². The second-order valence-electron chi connectivity index (χ2n) is 8.69. The number of carbonyl (C=O) groups excluding carboxylic acids is 2. The van der Waals surface area contributed by atoms with Crippen molar-refractivity contribution in [3.8, 4) is 11.5 Å². The smallest absolute Gasteiger partial charge is 0.264 e. The fraction of sp³-hybridized carbons (Fsp3) is 0.286. The Morgan fingerprint density at radius 2 is 1.62 bits per heavy atom. The van der Waals surface area contributed by atoms with Crippen LogP contribution in [0.25, 0.3) is 0 Å².